The number of hydrogen-bond acceptors (Lipinski definition) is 6. The van der Waals surface area contributed by atoms with Crippen LogP contribution in [0.1, 0.15) is 34.1 Å². The minimum atomic E-state index is -3.22. The molecule has 3 N–H and O–H groups in total. The fourth-order valence-electron chi connectivity index (χ4n) is 4.44. The van der Waals surface area contributed by atoms with Gasteiger partial charge in [-0.2, -0.15) is 5.10 Å². The minimum absolute atomic E-state index is 0.0239. The van der Waals surface area contributed by atoms with Crippen LogP contribution in [0, 0.1) is 0 Å². The summed E-state index contributed by atoms with van der Waals surface area (Å²) in [5.74, 6) is -0.338. The first kappa shape index (κ1) is 18.7. The molecule has 1 amide bonds. The van der Waals surface area contributed by atoms with Crippen molar-refractivity contribution in [2.45, 2.75) is 18.5 Å². The number of aromatic amines is 1. The Morgan fingerprint density at radius 1 is 1.10 bits per heavy atom. The van der Waals surface area contributed by atoms with Crippen molar-refractivity contribution in [3.8, 4) is 22.8 Å². The maximum Gasteiger partial charge on any atom is 0.273 e. The number of hydrogen-bond donors (Lipinski definition) is 3. The van der Waals surface area contributed by atoms with Crippen molar-refractivity contribution in [2.75, 3.05) is 11.5 Å². The molecule has 2 aliphatic rings. The Hall–Kier alpha value is -3.33. The number of rotatable bonds is 3. The van der Waals surface area contributed by atoms with Crippen LogP contribution in [0.15, 0.2) is 48.5 Å². The molecule has 2 aliphatic heterocycles. The molecule has 30 heavy (non-hydrogen) atoms. The highest BCUT2D eigenvalue weighted by molar-refractivity contribution is 7.91. The van der Waals surface area contributed by atoms with Gasteiger partial charge in [-0.25, -0.2) is 8.42 Å². The van der Waals surface area contributed by atoms with Crippen LogP contribution in [0.4, 0.5) is 0 Å². The average molecular weight is 425 g/mol. The molecule has 1 saturated heterocycles. The quantitative estimate of drug-likeness (QED) is 0.591. The lowest BCUT2D eigenvalue weighted by molar-refractivity contribution is 0.0677. The van der Waals surface area contributed by atoms with Crippen LogP contribution in [0.2, 0.25) is 0 Å². The third kappa shape index (κ3) is 2.85. The van der Waals surface area contributed by atoms with Gasteiger partial charge in [0.2, 0.25) is 0 Å². The Labute approximate surface area is 172 Å². The van der Waals surface area contributed by atoms with Crippen LogP contribution in [0.3, 0.4) is 0 Å². The number of aromatic nitrogens is 2. The first-order valence-corrected chi connectivity index (χ1v) is 11.4. The normalized spacial score (nSPS) is 22.4. The van der Waals surface area contributed by atoms with E-state index >= 15 is 0 Å². The Kier molecular flexibility index (Phi) is 4.11. The van der Waals surface area contributed by atoms with Gasteiger partial charge in [-0.1, -0.05) is 24.3 Å². The van der Waals surface area contributed by atoms with Gasteiger partial charge >= 0.3 is 0 Å². The summed E-state index contributed by atoms with van der Waals surface area (Å²) in [6.07, 6.45) is 0.354. The SMILES string of the molecule is O=C1c2[nH]nc(-c3ccccc3O)c2[C@H](c2cccc(O)c2)N1[C@H]1CCS(=O)(=O)C1. The Morgan fingerprint density at radius 3 is 2.60 bits per heavy atom. The van der Waals surface area contributed by atoms with Gasteiger partial charge in [0.05, 0.1) is 17.5 Å². The molecule has 0 bridgehead atoms. The number of phenols is 2. The van der Waals surface area contributed by atoms with E-state index in [-0.39, 0.29) is 34.6 Å². The molecule has 3 heterocycles. The number of carbonyl (C=O) groups excluding carboxylic acids is 1. The smallest absolute Gasteiger partial charge is 0.273 e. The third-order valence-electron chi connectivity index (χ3n) is 5.75. The number of nitrogens with zero attached hydrogens (tertiary/aromatic N) is 2. The topological polar surface area (TPSA) is 124 Å². The molecule has 0 unspecified atom stereocenters. The fourth-order valence-corrected chi connectivity index (χ4v) is 6.15. The monoisotopic (exact) mass is 425 g/mol. The Bertz CT molecular complexity index is 1270. The van der Waals surface area contributed by atoms with Gasteiger partial charge in [-0.15, -0.1) is 0 Å². The molecular weight excluding hydrogens is 406 g/mol. The molecule has 2 atom stereocenters. The molecule has 8 nitrogen and oxygen atoms in total. The number of carbonyl (C=O) groups is 1. The predicted octanol–water partition coefficient (Wildman–Crippen LogP) is 2.22. The second-order valence-electron chi connectivity index (χ2n) is 7.64. The molecule has 2 aromatic carbocycles. The average Bonchev–Trinajstić information content (AvgIpc) is 3.36. The van der Waals surface area contributed by atoms with E-state index in [1.54, 1.807) is 41.3 Å². The van der Waals surface area contributed by atoms with Gasteiger partial charge in [0.25, 0.3) is 5.91 Å². The second kappa shape index (κ2) is 6.60. The lowest BCUT2D eigenvalue weighted by Crippen LogP contribution is -2.40. The summed E-state index contributed by atoms with van der Waals surface area (Å²) in [6, 6.07) is 12.1. The molecular formula is C21H19N3O5S. The number of sulfone groups is 1. The molecule has 154 valence electrons. The Balaban J connectivity index is 1.71. The second-order valence-corrected chi connectivity index (χ2v) is 9.87. The third-order valence-corrected chi connectivity index (χ3v) is 7.50. The number of nitrogens with one attached hydrogen (secondary N) is 1. The van der Waals surface area contributed by atoms with Crippen molar-refractivity contribution in [3.05, 3.63) is 65.4 Å². The molecule has 9 heteroatoms. The maximum atomic E-state index is 13.3. The number of para-hydroxylation sites is 1. The standard InChI is InChI=1S/C21H19N3O5S/c25-14-5-3-4-12(10-14)20-17-18(15-6-1-2-7-16(15)26)22-23-19(17)21(27)24(20)13-8-9-30(28,29)11-13/h1-7,10,13,20,25-26H,8-9,11H2,(H,22,23)/t13-,20-/m0/s1. The highest BCUT2D eigenvalue weighted by Gasteiger charge is 2.48. The molecule has 0 radical (unpaired) electrons. The van der Waals surface area contributed by atoms with E-state index < -0.39 is 21.9 Å². The predicted molar refractivity (Wildman–Crippen MR) is 109 cm³/mol. The van der Waals surface area contributed by atoms with Crippen molar-refractivity contribution >= 4 is 15.7 Å². The van der Waals surface area contributed by atoms with Crippen LogP contribution in [-0.4, -0.2) is 57.2 Å². The summed E-state index contributed by atoms with van der Waals surface area (Å²) >= 11 is 0. The number of aromatic hydroxyl groups is 2. The molecule has 5 rings (SSSR count). The van der Waals surface area contributed by atoms with E-state index in [0.717, 1.165) is 0 Å². The summed E-state index contributed by atoms with van der Waals surface area (Å²) in [5.41, 5.74) is 2.37. The highest BCUT2D eigenvalue weighted by Crippen LogP contribution is 2.46. The van der Waals surface area contributed by atoms with Crippen LogP contribution in [0.5, 0.6) is 11.5 Å². The van der Waals surface area contributed by atoms with Crippen molar-refractivity contribution < 1.29 is 23.4 Å². The molecule has 0 saturated carbocycles. The van der Waals surface area contributed by atoms with Gasteiger partial charge in [0, 0.05) is 17.2 Å². The Morgan fingerprint density at radius 2 is 1.90 bits per heavy atom. The molecule has 1 fully saturated rings. The van der Waals surface area contributed by atoms with E-state index in [1.165, 1.54) is 12.1 Å². The number of benzene rings is 2. The van der Waals surface area contributed by atoms with E-state index in [4.69, 9.17) is 0 Å². The molecule has 1 aromatic heterocycles. The maximum absolute atomic E-state index is 13.3. The zero-order valence-electron chi connectivity index (χ0n) is 15.8. The molecule has 0 spiro atoms. The molecule has 3 aromatic rings. The zero-order chi connectivity index (χ0) is 21.0. The minimum Gasteiger partial charge on any atom is -0.508 e. The van der Waals surface area contributed by atoms with E-state index in [9.17, 15) is 23.4 Å². The summed E-state index contributed by atoms with van der Waals surface area (Å²) < 4.78 is 24.2. The first-order valence-electron chi connectivity index (χ1n) is 9.54. The lowest BCUT2D eigenvalue weighted by atomic mass is 9.95. The van der Waals surface area contributed by atoms with Crippen molar-refractivity contribution in [2.24, 2.45) is 0 Å². The summed E-state index contributed by atoms with van der Waals surface area (Å²) in [5, 5.41) is 27.5. The number of H-pyrrole nitrogens is 1. The number of phenolic OH excluding ortho intramolecular Hbond substituents is 2. The van der Waals surface area contributed by atoms with Crippen molar-refractivity contribution in [1.29, 1.82) is 0 Å². The van der Waals surface area contributed by atoms with E-state index in [0.29, 0.717) is 28.8 Å². The zero-order valence-corrected chi connectivity index (χ0v) is 16.6. The van der Waals surface area contributed by atoms with Gasteiger partial charge < -0.3 is 15.1 Å². The molecule has 0 aliphatic carbocycles. The summed E-state index contributed by atoms with van der Waals surface area (Å²) in [7, 11) is -3.22. The van der Waals surface area contributed by atoms with Crippen LogP contribution < -0.4 is 0 Å². The van der Waals surface area contributed by atoms with Gasteiger partial charge in [-0.3, -0.25) is 9.89 Å². The van der Waals surface area contributed by atoms with Gasteiger partial charge in [0.1, 0.15) is 22.9 Å². The number of amides is 1. The lowest BCUT2D eigenvalue weighted by Gasteiger charge is -2.31. The first-order chi connectivity index (χ1) is 14.4. The van der Waals surface area contributed by atoms with Crippen molar-refractivity contribution in [3.63, 3.8) is 0 Å². The summed E-state index contributed by atoms with van der Waals surface area (Å²) in [6.45, 7) is 0. The van der Waals surface area contributed by atoms with Crippen LogP contribution in [0.25, 0.3) is 11.3 Å². The van der Waals surface area contributed by atoms with E-state index in [1.807, 2.05) is 0 Å². The largest absolute Gasteiger partial charge is 0.508 e. The van der Waals surface area contributed by atoms with Crippen molar-refractivity contribution in [1.82, 2.24) is 15.1 Å². The van der Waals surface area contributed by atoms with E-state index in [2.05, 4.69) is 10.2 Å². The van der Waals surface area contributed by atoms with Crippen LogP contribution >= 0.6 is 0 Å². The van der Waals surface area contributed by atoms with Gasteiger partial charge in [0.15, 0.2) is 9.84 Å². The fraction of sp³-hybridized carbons (Fsp3) is 0.238. The highest BCUT2D eigenvalue weighted by atomic mass is 32.2. The van der Waals surface area contributed by atoms with Gasteiger partial charge in [-0.05, 0) is 36.2 Å². The van der Waals surface area contributed by atoms with Crippen LogP contribution in [-0.2, 0) is 9.84 Å². The summed E-state index contributed by atoms with van der Waals surface area (Å²) in [4.78, 5) is 14.9. The number of fused-ring (bicyclic) bond motifs is 1.